The van der Waals surface area contributed by atoms with E-state index < -0.39 is 5.97 Å². The van der Waals surface area contributed by atoms with Gasteiger partial charge in [0.15, 0.2) is 0 Å². The molecule has 4 rings (SSSR count). The molecule has 0 amide bonds. The molecule has 0 aromatic heterocycles. The van der Waals surface area contributed by atoms with Gasteiger partial charge in [0.05, 0.1) is 5.56 Å². The van der Waals surface area contributed by atoms with Crippen LogP contribution in [0.1, 0.15) is 98.5 Å². The van der Waals surface area contributed by atoms with Crippen LogP contribution in [0, 0.1) is 18.8 Å². The van der Waals surface area contributed by atoms with Crippen molar-refractivity contribution in [1.82, 2.24) is 0 Å². The van der Waals surface area contributed by atoms with Crippen molar-refractivity contribution in [3.8, 4) is 11.1 Å². The van der Waals surface area contributed by atoms with Crippen molar-refractivity contribution < 1.29 is 9.90 Å². The summed E-state index contributed by atoms with van der Waals surface area (Å²) in [5.41, 5.74) is 4.83. The van der Waals surface area contributed by atoms with Gasteiger partial charge in [0.1, 0.15) is 0 Å². The zero-order valence-electron chi connectivity index (χ0n) is 21.1. The first-order chi connectivity index (χ1) is 16.6. The molecule has 0 atom stereocenters. The van der Waals surface area contributed by atoms with Crippen LogP contribution in [0.5, 0.6) is 0 Å². The Hall–Kier alpha value is -1.66. The van der Waals surface area contributed by atoms with E-state index in [0.717, 1.165) is 34.7 Å². The molecule has 0 saturated heterocycles. The van der Waals surface area contributed by atoms with Crippen molar-refractivity contribution in [2.75, 3.05) is 12.3 Å². The molecule has 0 radical (unpaired) electrons. The summed E-state index contributed by atoms with van der Waals surface area (Å²) in [4.78, 5) is 12.0. The zero-order valence-corrected chi connectivity index (χ0v) is 22.0. The summed E-state index contributed by atoms with van der Waals surface area (Å²) in [7, 11) is -0.0480. The Morgan fingerprint density at radius 2 is 1.41 bits per heavy atom. The minimum absolute atomic E-state index is 0.0480. The van der Waals surface area contributed by atoms with Crippen LogP contribution in [-0.4, -0.2) is 23.4 Å². The van der Waals surface area contributed by atoms with Gasteiger partial charge >= 0.3 is 5.97 Å². The molecule has 2 aromatic carbocycles. The van der Waals surface area contributed by atoms with Gasteiger partial charge in [-0.2, -0.15) is 0 Å². The molecule has 1 N–H and O–H groups in total. The molecule has 0 heterocycles. The average Bonchev–Trinajstić information content (AvgIpc) is 2.87. The Balaban J connectivity index is 1.50. The van der Waals surface area contributed by atoms with Crippen LogP contribution in [0.2, 0.25) is 0 Å². The standard InChI is InChI=1S/C31H43O2P/c1-24-10-8-9-15-28(24)30-22-27(16-17-29(30)31(32)33)23-34(20-18-25-11-4-2-5-12-25)21-19-26-13-6-3-7-14-26/h8-10,15-17,22,25-26H,2-7,11-14,18-21,23H2,1H3,(H,32,33). The van der Waals surface area contributed by atoms with Crippen molar-refractivity contribution in [1.29, 1.82) is 0 Å². The summed E-state index contributed by atoms with van der Waals surface area (Å²) in [5, 5.41) is 9.85. The fourth-order valence-corrected chi connectivity index (χ4v) is 8.90. The summed E-state index contributed by atoms with van der Waals surface area (Å²) in [6.45, 7) is 2.08. The van der Waals surface area contributed by atoms with Crippen LogP contribution >= 0.6 is 7.92 Å². The SMILES string of the molecule is Cc1ccccc1-c1cc(CP(CCC2CCCCC2)CCC2CCCCC2)ccc1C(=O)O. The summed E-state index contributed by atoms with van der Waals surface area (Å²) >= 11 is 0. The third-order valence-electron chi connectivity index (χ3n) is 8.31. The minimum atomic E-state index is -0.832. The van der Waals surface area contributed by atoms with E-state index >= 15 is 0 Å². The molecule has 2 aliphatic rings. The lowest BCUT2D eigenvalue weighted by molar-refractivity contribution is 0.0697. The zero-order chi connectivity index (χ0) is 23.8. The number of carboxylic acids is 1. The Labute approximate surface area is 208 Å². The summed E-state index contributed by atoms with van der Waals surface area (Å²) in [6.07, 6.45) is 21.1. The van der Waals surface area contributed by atoms with Crippen molar-refractivity contribution >= 4 is 13.9 Å². The number of aryl methyl sites for hydroxylation is 1. The first kappa shape index (κ1) is 25.4. The maximum Gasteiger partial charge on any atom is 0.336 e. The number of carboxylic acid groups (broad SMARTS) is 1. The first-order valence-electron chi connectivity index (χ1n) is 13.7. The van der Waals surface area contributed by atoms with Crippen molar-refractivity contribution in [2.24, 2.45) is 11.8 Å². The fraction of sp³-hybridized carbons (Fsp3) is 0.581. The molecule has 0 spiro atoms. The highest BCUT2D eigenvalue weighted by Crippen LogP contribution is 2.45. The molecule has 184 valence electrons. The van der Waals surface area contributed by atoms with Crippen molar-refractivity contribution in [2.45, 2.75) is 90.1 Å². The van der Waals surface area contributed by atoms with Crippen LogP contribution in [0.15, 0.2) is 42.5 Å². The van der Waals surface area contributed by atoms with E-state index in [-0.39, 0.29) is 7.92 Å². The number of hydrogen-bond donors (Lipinski definition) is 1. The smallest absolute Gasteiger partial charge is 0.336 e. The monoisotopic (exact) mass is 478 g/mol. The predicted molar refractivity (Wildman–Crippen MR) is 146 cm³/mol. The van der Waals surface area contributed by atoms with E-state index in [4.69, 9.17) is 0 Å². The molecule has 2 aliphatic carbocycles. The normalized spacial score (nSPS) is 17.8. The molecule has 3 heteroatoms. The average molecular weight is 479 g/mol. The molecule has 2 nitrogen and oxygen atoms in total. The van der Waals surface area contributed by atoms with Crippen molar-refractivity contribution in [3.05, 3.63) is 59.2 Å². The highest BCUT2D eigenvalue weighted by atomic mass is 31.1. The largest absolute Gasteiger partial charge is 0.478 e. The highest BCUT2D eigenvalue weighted by Gasteiger charge is 2.21. The lowest BCUT2D eigenvalue weighted by atomic mass is 9.87. The van der Waals surface area contributed by atoms with Gasteiger partial charge in [-0.1, -0.05) is 94.5 Å². The lowest BCUT2D eigenvalue weighted by Gasteiger charge is -2.27. The predicted octanol–water partition coefficient (Wildman–Crippen LogP) is 9.28. The van der Waals surface area contributed by atoms with E-state index in [1.54, 1.807) is 0 Å². The number of rotatable bonds is 10. The van der Waals surface area contributed by atoms with Crippen molar-refractivity contribution in [3.63, 3.8) is 0 Å². The van der Waals surface area contributed by atoms with Crippen LogP contribution in [-0.2, 0) is 6.16 Å². The Morgan fingerprint density at radius 3 is 1.97 bits per heavy atom. The Kier molecular flexibility index (Phi) is 9.63. The van der Waals surface area contributed by atoms with Crippen LogP contribution < -0.4 is 0 Å². The van der Waals surface area contributed by atoms with E-state index in [1.807, 2.05) is 18.2 Å². The van der Waals surface area contributed by atoms with Gasteiger partial charge in [-0.15, -0.1) is 7.92 Å². The fourth-order valence-electron chi connectivity index (χ4n) is 6.18. The second-order valence-corrected chi connectivity index (χ2v) is 13.4. The molecular weight excluding hydrogens is 435 g/mol. The second kappa shape index (κ2) is 12.9. The summed E-state index contributed by atoms with van der Waals surface area (Å²) < 4.78 is 0. The molecule has 0 bridgehead atoms. The summed E-state index contributed by atoms with van der Waals surface area (Å²) in [6, 6.07) is 14.3. The number of hydrogen-bond acceptors (Lipinski definition) is 1. The third-order valence-corrected chi connectivity index (χ3v) is 10.9. The van der Waals surface area contributed by atoms with Gasteiger partial charge < -0.3 is 5.11 Å². The maximum atomic E-state index is 12.0. The molecule has 34 heavy (non-hydrogen) atoms. The lowest BCUT2D eigenvalue weighted by Crippen LogP contribution is -2.11. The van der Waals surface area contributed by atoms with Crippen LogP contribution in [0.3, 0.4) is 0 Å². The number of aromatic carboxylic acids is 1. The van der Waals surface area contributed by atoms with Gasteiger partial charge in [0.2, 0.25) is 0 Å². The van der Waals surface area contributed by atoms with E-state index in [9.17, 15) is 9.90 Å². The molecule has 2 fully saturated rings. The Bertz CT molecular complexity index is 903. The Morgan fingerprint density at radius 1 is 0.824 bits per heavy atom. The van der Waals surface area contributed by atoms with E-state index in [2.05, 4.69) is 31.2 Å². The first-order valence-corrected chi connectivity index (χ1v) is 15.6. The maximum absolute atomic E-state index is 12.0. The second-order valence-electron chi connectivity index (χ2n) is 10.9. The number of carbonyl (C=O) groups is 1. The molecule has 0 unspecified atom stereocenters. The molecule has 0 aliphatic heterocycles. The minimum Gasteiger partial charge on any atom is -0.478 e. The van der Waals surface area contributed by atoms with Gasteiger partial charge in [-0.3, -0.25) is 0 Å². The van der Waals surface area contributed by atoms with Crippen LogP contribution in [0.4, 0.5) is 0 Å². The molecular formula is C31H43O2P. The van der Waals surface area contributed by atoms with E-state index in [0.29, 0.717) is 5.56 Å². The quantitative estimate of drug-likeness (QED) is 0.345. The van der Waals surface area contributed by atoms with Gasteiger partial charge in [-0.25, -0.2) is 4.79 Å². The molecule has 2 aromatic rings. The van der Waals surface area contributed by atoms with Gasteiger partial charge in [0.25, 0.3) is 0 Å². The third kappa shape index (κ3) is 7.17. The molecule has 2 saturated carbocycles. The van der Waals surface area contributed by atoms with Crippen LogP contribution in [0.25, 0.3) is 11.1 Å². The number of benzene rings is 2. The van der Waals surface area contributed by atoms with E-state index in [1.165, 1.54) is 94.9 Å². The van der Waals surface area contributed by atoms with Gasteiger partial charge in [0, 0.05) is 0 Å². The van der Waals surface area contributed by atoms with Gasteiger partial charge in [-0.05, 0) is 84.5 Å². The summed E-state index contributed by atoms with van der Waals surface area (Å²) in [5.74, 6) is 1.07. The topological polar surface area (TPSA) is 37.3 Å². The highest BCUT2D eigenvalue weighted by molar-refractivity contribution is 7.56.